The second-order valence-electron chi connectivity index (χ2n) is 6.58. The zero-order valence-corrected chi connectivity index (χ0v) is 13.1. The molecule has 20 heavy (non-hydrogen) atoms. The molecule has 0 aliphatic heterocycles. The molecule has 1 saturated carbocycles. The first-order valence-electron chi connectivity index (χ1n) is 7.34. The number of fused-ring (bicyclic) bond motifs is 1. The molecule has 2 aliphatic carbocycles. The topological polar surface area (TPSA) is 43.4 Å². The van der Waals surface area contributed by atoms with E-state index in [0.29, 0.717) is 0 Å². The molecule has 0 amide bonds. The molecule has 1 fully saturated rings. The van der Waals surface area contributed by atoms with Crippen molar-refractivity contribution in [2.75, 3.05) is 0 Å². The number of hydrogen-bond donors (Lipinski definition) is 0. The monoisotopic (exact) mass is 276 g/mol. The minimum absolute atomic E-state index is 0.0405. The fourth-order valence-electron chi connectivity index (χ4n) is 3.54. The summed E-state index contributed by atoms with van der Waals surface area (Å²) in [5.41, 5.74) is 3.17. The van der Waals surface area contributed by atoms with Crippen molar-refractivity contribution in [2.45, 2.75) is 60.0 Å². The van der Waals surface area contributed by atoms with Crippen molar-refractivity contribution in [3.8, 4) is 0 Å². The van der Waals surface area contributed by atoms with Crippen LogP contribution in [0.5, 0.6) is 0 Å². The Labute approximate surface area is 121 Å². The van der Waals surface area contributed by atoms with Gasteiger partial charge in [0.05, 0.1) is 0 Å². The maximum atomic E-state index is 12.2. The molecule has 2 rings (SSSR count). The van der Waals surface area contributed by atoms with Gasteiger partial charge in [-0.1, -0.05) is 25.0 Å². The number of hydrogen-bond acceptors (Lipinski definition) is 3. The number of allylic oxidation sites excluding steroid dienone is 4. The SMILES string of the molecule is CC(=O)OC1CCC2=CC(=O)C(=C(C)C)CC2(C)C1C. The summed E-state index contributed by atoms with van der Waals surface area (Å²) in [4.78, 5) is 23.4. The van der Waals surface area contributed by atoms with Crippen molar-refractivity contribution in [2.24, 2.45) is 11.3 Å². The van der Waals surface area contributed by atoms with Crippen LogP contribution < -0.4 is 0 Å². The minimum atomic E-state index is -0.216. The van der Waals surface area contributed by atoms with Gasteiger partial charge in [0.1, 0.15) is 6.10 Å². The fraction of sp³-hybridized carbons (Fsp3) is 0.647. The van der Waals surface area contributed by atoms with Gasteiger partial charge in [0.15, 0.2) is 5.78 Å². The standard InChI is InChI=1S/C17H24O3/c1-10(2)14-9-17(5)11(3)16(20-12(4)18)7-6-13(17)8-15(14)19/h8,11,16H,6-7,9H2,1-5H3. The van der Waals surface area contributed by atoms with E-state index in [1.807, 2.05) is 19.9 Å². The lowest BCUT2D eigenvalue weighted by Crippen LogP contribution is -2.44. The Morgan fingerprint density at radius 2 is 2.00 bits per heavy atom. The van der Waals surface area contributed by atoms with E-state index in [-0.39, 0.29) is 29.2 Å². The summed E-state index contributed by atoms with van der Waals surface area (Å²) in [6.07, 6.45) is 4.21. The summed E-state index contributed by atoms with van der Waals surface area (Å²) in [5, 5.41) is 0. The first-order chi connectivity index (χ1) is 9.25. The number of esters is 1. The summed E-state index contributed by atoms with van der Waals surface area (Å²) in [6.45, 7) is 9.79. The third-order valence-corrected chi connectivity index (χ3v) is 5.06. The van der Waals surface area contributed by atoms with Crippen molar-refractivity contribution in [1.82, 2.24) is 0 Å². The Hall–Kier alpha value is -1.38. The normalized spacial score (nSPS) is 33.4. The Balaban J connectivity index is 2.37. The average Bonchev–Trinajstić information content (AvgIpc) is 2.34. The molecule has 3 unspecified atom stereocenters. The molecular formula is C17H24O3. The highest BCUT2D eigenvalue weighted by molar-refractivity contribution is 6.06. The zero-order valence-electron chi connectivity index (χ0n) is 13.1. The highest BCUT2D eigenvalue weighted by Gasteiger charge is 2.47. The Kier molecular flexibility index (Phi) is 3.90. The third kappa shape index (κ3) is 2.46. The van der Waals surface area contributed by atoms with Crippen molar-refractivity contribution in [3.63, 3.8) is 0 Å². The molecule has 0 saturated heterocycles. The van der Waals surface area contributed by atoms with Gasteiger partial charge < -0.3 is 4.74 Å². The Morgan fingerprint density at radius 1 is 1.35 bits per heavy atom. The average molecular weight is 276 g/mol. The number of ether oxygens (including phenoxy) is 1. The van der Waals surface area contributed by atoms with Crippen molar-refractivity contribution in [1.29, 1.82) is 0 Å². The lowest BCUT2D eigenvalue weighted by atomic mass is 9.58. The second-order valence-corrected chi connectivity index (χ2v) is 6.58. The van der Waals surface area contributed by atoms with Crippen LogP contribution in [0, 0.1) is 11.3 Å². The van der Waals surface area contributed by atoms with Gasteiger partial charge in [0.2, 0.25) is 0 Å². The van der Waals surface area contributed by atoms with E-state index in [1.54, 1.807) is 0 Å². The van der Waals surface area contributed by atoms with Gasteiger partial charge in [-0.2, -0.15) is 0 Å². The second kappa shape index (κ2) is 5.19. The van der Waals surface area contributed by atoms with Crippen LogP contribution in [-0.2, 0) is 14.3 Å². The highest BCUT2D eigenvalue weighted by Crippen LogP contribution is 2.52. The summed E-state index contributed by atoms with van der Waals surface area (Å²) in [7, 11) is 0. The summed E-state index contributed by atoms with van der Waals surface area (Å²) in [5.74, 6) is 0.177. The molecule has 0 heterocycles. The van der Waals surface area contributed by atoms with Crippen molar-refractivity contribution in [3.05, 3.63) is 22.8 Å². The molecule has 0 N–H and O–H groups in total. The highest BCUT2D eigenvalue weighted by atomic mass is 16.5. The predicted molar refractivity (Wildman–Crippen MR) is 78.1 cm³/mol. The van der Waals surface area contributed by atoms with Crippen LogP contribution in [0.2, 0.25) is 0 Å². The van der Waals surface area contributed by atoms with E-state index in [4.69, 9.17) is 4.74 Å². The van der Waals surface area contributed by atoms with E-state index in [9.17, 15) is 9.59 Å². The smallest absolute Gasteiger partial charge is 0.302 e. The van der Waals surface area contributed by atoms with Crippen LogP contribution in [-0.4, -0.2) is 17.9 Å². The van der Waals surface area contributed by atoms with E-state index >= 15 is 0 Å². The van der Waals surface area contributed by atoms with Gasteiger partial charge in [-0.3, -0.25) is 9.59 Å². The van der Waals surface area contributed by atoms with Crippen LogP contribution in [0.3, 0.4) is 0 Å². The number of ketones is 1. The molecule has 0 bridgehead atoms. The maximum absolute atomic E-state index is 12.2. The fourth-order valence-corrected chi connectivity index (χ4v) is 3.54. The van der Waals surface area contributed by atoms with Crippen molar-refractivity contribution >= 4 is 11.8 Å². The molecule has 2 aliphatic rings. The summed E-state index contributed by atoms with van der Waals surface area (Å²) >= 11 is 0. The molecule has 0 aromatic heterocycles. The molecule has 0 radical (unpaired) electrons. The van der Waals surface area contributed by atoms with Crippen molar-refractivity contribution < 1.29 is 14.3 Å². The lowest BCUT2D eigenvalue weighted by Gasteiger charge is -2.48. The Morgan fingerprint density at radius 3 is 2.55 bits per heavy atom. The number of rotatable bonds is 1. The number of carbonyl (C=O) groups excluding carboxylic acids is 2. The van der Waals surface area contributed by atoms with E-state index in [1.165, 1.54) is 12.5 Å². The maximum Gasteiger partial charge on any atom is 0.302 e. The van der Waals surface area contributed by atoms with Crippen LogP contribution >= 0.6 is 0 Å². The molecule has 3 heteroatoms. The quantitative estimate of drug-likeness (QED) is 0.543. The van der Waals surface area contributed by atoms with Crippen LogP contribution in [0.25, 0.3) is 0 Å². The summed E-state index contributed by atoms with van der Waals surface area (Å²) in [6, 6.07) is 0. The van der Waals surface area contributed by atoms with Crippen LogP contribution in [0.4, 0.5) is 0 Å². The minimum Gasteiger partial charge on any atom is -0.462 e. The van der Waals surface area contributed by atoms with Gasteiger partial charge in [0.25, 0.3) is 0 Å². The molecule has 3 atom stereocenters. The molecule has 0 aromatic rings. The Bertz CT molecular complexity index is 508. The van der Waals surface area contributed by atoms with Gasteiger partial charge >= 0.3 is 5.97 Å². The van der Waals surface area contributed by atoms with Gasteiger partial charge in [-0.15, -0.1) is 0 Å². The van der Waals surface area contributed by atoms with E-state index in [2.05, 4.69) is 13.8 Å². The van der Waals surface area contributed by atoms with E-state index < -0.39 is 0 Å². The van der Waals surface area contributed by atoms with Gasteiger partial charge in [-0.25, -0.2) is 0 Å². The molecule has 3 nitrogen and oxygen atoms in total. The zero-order chi connectivity index (χ0) is 15.1. The molecule has 0 spiro atoms. The number of carbonyl (C=O) groups is 2. The first-order valence-corrected chi connectivity index (χ1v) is 7.34. The van der Waals surface area contributed by atoms with Gasteiger partial charge in [-0.05, 0) is 50.2 Å². The molecular weight excluding hydrogens is 252 g/mol. The lowest BCUT2D eigenvalue weighted by molar-refractivity contribution is -0.153. The van der Waals surface area contributed by atoms with Crippen LogP contribution in [0.15, 0.2) is 22.8 Å². The predicted octanol–water partition coefficient (Wildman–Crippen LogP) is 3.59. The summed E-state index contributed by atoms with van der Waals surface area (Å²) < 4.78 is 5.47. The molecule has 0 aromatic carbocycles. The molecule has 110 valence electrons. The largest absolute Gasteiger partial charge is 0.462 e. The third-order valence-electron chi connectivity index (χ3n) is 5.06. The van der Waals surface area contributed by atoms with E-state index in [0.717, 1.165) is 30.4 Å². The van der Waals surface area contributed by atoms with Gasteiger partial charge in [0, 0.05) is 12.8 Å². The van der Waals surface area contributed by atoms with Crippen LogP contribution in [0.1, 0.15) is 53.9 Å². The first kappa shape index (κ1) is 15.0.